The molecule has 0 saturated carbocycles. The third kappa shape index (κ3) is 4.53. The molecule has 0 bridgehead atoms. The van der Waals surface area contributed by atoms with Crippen LogP contribution in [0.3, 0.4) is 0 Å². The number of anilines is 2. The number of para-hydroxylation sites is 1. The normalized spacial score (nSPS) is 12.3. The van der Waals surface area contributed by atoms with E-state index < -0.39 is 27.9 Å². The summed E-state index contributed by atoms with van der Waals surface area (Å²) < 4.78 is 25.5. The van der Waals surface area contributed by atoms with Crippen molar-refractivity contribution in [1.29, 1.82) is 0 Å². The van der Waals surface area contributed by atoms with Crippen molar-refractivity contribution >= 4 is 44.8 Å². The summed E-state index contributed by atoms with van der Waals surface area (Å²) in [6.45, 7) is 1.43. The van der Waals surface area contributed by atoms with E-state index in [9.17, 15) is 18.0 Å². The highest BCUT2D eigenvalue weighted by molar-refractivity contribution is 7.92. The quantitative estimate of drug-likeness (QED) is 0.781. The standard InChI is InChI=1S/C17H18ClN3O4S/c1-11(17(23)20-15-9-4-3-8-14(15)16(19)22)21(26(2,24)25)13-7-5-6-12(18)10-13/h3-11H,1-2H3,(H2,19,22)(H,20,23)/t11-/m0/s1. The Bertz CT molecular complexity index is 947. The molecule has 3 N–H and O–H groups in total. The van der Waals surface area contributed by atoms with E-state index in [0.29, 0.717) is 5.02 Å². The number of hydrogen-bond acceptors (Lipinski definition) is 4. The maximum Gasteiger partial charge on any atom is 0.250 e. The highest BCUT2D eigenvalue weighted by Gasteiger charge is 2.29. The van der Waals surface area contributed by atoms with Crippen LogP contribution in [-0.2, 0) is 14.8 Å². The summed E-state index contributed by atoms with van der Waals surface area (Å²) in [5.74, 6) is -1.33. The predicted octanol–water partition coefficient (Wildman–Crippen LogP) is 2.23. The SMILES string of the molecule is C[C@@H](C(=O)Nc1ccccc1C(N)=O)N(c1cccc(Cl)c1)S(C)(=O)=O. The van der Waals surface area contributed by atoms with Gasteiger partial charge in [-0.2, -0.15) is 0 Å². The first kappa shape index (κ1) is 19.7. The highest BCUT2D eigenvalue weighted by atomic mass is 35.5. The van der Waals surface area contributed by atoms with Gasteiger partial charge in [0.25, 0.3) is 5.91 Å². The lowest BCUT2D eigenvalue weighted by Gasteiger charge is -2.28. The Morgan fingerprint density at radius 2 is 1.81 bits per heavy atom. The van der Waals surface area contributed by atoms with Gasteiger partial charge in [-0.1, -0.05) is 29.8 Å². The summed E-state index contributed by atoms with van der Waals surface area (Å²) in [6, 6.07) is 11.3. The molecule has 0 aliphatic carbocycles. The average Bonchev–Trinajstić information content (AvgIpc) is 2.54. The first-order chi connectivity index (χ1) is 12.1. The molecular weight excluding hydrogens is 378 g/mol. The molecule has 0 aliphatic heterocycles. The molecule has 0 fully saturated rings. The van der Waals surface area contributed by atoms with E-state index in [2.05, 4.69) is 5.32 Å². The lowest BCUT2D eigenvalue weighted by Crippen LogP contribution is -2.45. The molecule has 26 heavy (non-hydrogen) atoms. The third-order valence-electron chi connectivity index (χ3n) is 3.60. The fourth-order valence-corrected chi connectivity index (χ4v) is 3.82. The van der Waals surface area contributed by atoms with E-state index in [1.54, 1.807) is 24.3 Å². The van der Waals surface area contributed by atoms with Crippen molar-refractivity contribution < 1.29 is 18.0 Å². The molecule has 0 radical (unpaired) electrons. The van der Waals surface area contributed by atoms with Gasteiger partial charge >= 0.3 is 0 Å². The van der Waals surface area contributed by atoms with Crippen molar-refractivity contribution in [2.24, 2.45) is 5.73 Å². The second-order valence-corrected chi connectivity index (χ2v) is 7.91. The largest absolute Gasteiger partial charge is 0.366 e. The first-order valence-corrected chi connectivity index (χ1v) is 9.78. The van der Waals surface area contributed by atoms with Gasteiger partial charge in [-0.25, -0.2) is 8.42 Å². The van der Waals surface area contributed by atoms with Gasteiger partial charge in [0.2, 0.25) is 15.9 Å². The number of carbonyl (C=O) groups is 2. The molecule has 138 valence electrons. The van der Waals surface area contributed by atoms with E-state index in [4.69, 9.17) is 17.3 Å². The van der Waals surface area contributed by atoms with E-state index in [0.717, 1.165) is 10.6 Å². The zero-order valence-electron chi connectivity index (χ0n) is 14.1. The number of benzene rings is 2. The fourth-order valence-electron chi connectivity index (χ4n) is 2.47. The Morgan fingerprint density at radius 1 is 1.15 bits per heavy atom. The number of carbonyl (C=O) groups excluding carboxylic acids is 2. The summed E-state index contributed by atoms with van der Waals surface area (Å²) in [7, 11) is -3.78. The Labute approximate surface area is 156 Å². The second-order valence-electron chi connectivity index (χ2n) is 5.61. The van der Waals surface area contributed by atoms with Crippen molar-refractivity contribution in [1.82, 2.24) is 0 Å². The molecule has 2 aromatic rings. The van der Waals surface area contributed by atoms with Crippen LogP contribution < -0.4 is 15.4 Å². The Hall–Kier alpha value is -2.58. The van der Waals surface area contributed by atoms with Crippen LogP contribution in [0.5, 0.6) is 0 Å². The highest BCUT2D eigenvalue weighted by Crippen LogP contribution is 2.25. The van der Waals surface area contributed by atoms with Crippen LogP contribution in [0.2, 0.25) is 5.02 Å². The molecular formula is C17H18ClN3O4S. The van der Waals surface area contributed by atoms with Gasteiger partial charge in [-0.15, -0.1) is 0 Å². The average molecular weight is 396 g/mol. The number of sulfonamides is 1. The molecule has 0 aliphatic rings. The van der Waals surface area contributed by atoms with E-state index in [-0.39, 0.29) is 16.9 Å². The zero-order valence-corrected chi connectivity index (χ0v) is 15.7. The van der Waals surface area contributed by atoms with Crippen molar-refractivity contribution in [3.8, 4) is 0 Å². The Balaban J connectivity index is 2.36. The number of hydrogen-bond donors (Lipinski definition) is 2. The molecule has 2 amide bonds. The summed E-state index contributed by atoms with van der Waals surface area (Å²) in [5.41, 5.74) is 5.88. The second kappa shape index (κ2) is 7.76. The summed E-state index contributed by atoms with van der Waals surface area (Å²) in [6.07, 6.45) is 0.995. The summed E-state index contributed by atoms with van der Waals surface area (Å²) in [4.78, 5) is 24.1. The van der Waals surface area contributed by atoms with Gasteiger partial charge in [0.1, 0.15) is 6.04 Å². The maximum absolute atomic E-state index is 12.6. The lowest BCUT2D eigenvalue weighted by molar-refractivity contribution is -0.116. The lowest BCUT2D eigenvalue weighted by atomic mass is 10.1. The van der Waals surface area contributed by atoms with Crippen LogP contribution in [0.1, 0.15) is 17.3 Å². The van der Waals surface area contributed by atoms with Crippen LogP contribution in [0, 0.1) is 0 Å². The zero-order chi connectivity index (χ0) is 19.5. The van der Waals surface area contributed by atoms with Crippen molar-refractivity contribution in [2.75, 3.05) is 15.9 Å². The van der Waals surface area contributed by atoms with Gasteiger partial charge in [0.05, 0.1) is 23.2 Å². The molecule has 1 atom stereocenters. The van der Waals surface area contributed by atoms with Crippen LogP contribution in [0.15, 0.2) is 48.5 Å². The minimum Gasteiger partial charge on any atom is -0.366 e. The van der Waals surface area contributed by atoms with Crippen LogP contribution in [0.25, 0.3) is 0 Å². The number of amides is 2. The summed E-state index contributed by atoms with van der Waals surface area (Å²) in [5, 5.41) is 2.89. The van der Waals surface area contributed by atoms with E-state index in [1.807, 2.05) is 0 Å². The van der Waals surface area contributed by atoms with Gasteiger partial charge < -0.3 is 11.1 Å². The van der Waals surface area contributed by atoms with Gasteiger partial charge in [-0.05, 0) is 37.3 Å². The molecule has 2 aromatic carbocycles. The first-order valence-electron chi connectivity index (χ1n) is 7.56. The van der Waals surface area contributed by atoms with E-state index >= 15 is 0 Å². The molecule has 0 heterocycles. The molecule has 2 rings (SSSR count). The Kier molecular flexibility index (Phi) is 5.89. The molecule has 0 unspecified atom stereocenters. The fraction of sp³-hybridized carbons (Fsp3) is 0.176. The van der Waals surface area contributed by atoms with Crippen molar-refractivity contribution in [2.45, 2.75) is 13.0 Å². The van der Waals surface area contributed by atoms with Crippen LogP contribution in [-0.4, -0.2) is 32.5 Å². The molecule has 9 heteroatoms. The topological polar surface area (TPSA) is 110 Å². The summed E-state index contributed by atoms with van der Waals surface area (Å²) >= 11 is 5.94. The minimum atomic E-state index is -3.78. The number of nitrogens with zero attached hydrogens (tertiary/aromatic N) is 1. The Morgan fingerprint density at radius 3 is 2.38 bits per heavy atom. The van der Waals surface area contributed by atoms with Crippen molar-refractivity contribution in [3.63, 3.8) is 0 Å². The number of nitrogens with two attached hydrogens (primary N) is 1. The van der Waals surface area contributed by atoms with Gasteiger partial charge in [0.15, 0.2) is 0 Å². The van der Waals surface area contributed by atoms with Gasteiger partial charge in [0, 0.05) is 5.02 Å². The monoisotopic (exact) mass is 395 g/mol. The number of halogens is 1. The minimum absolute atomic E-state index is 0.127. The molecule has 0 saturated heterocycles. The number of rotatable bonds is 6. The molecule has 0 spiro atoms. The molecule has 7 nitrogen and oxygen atoms in total. The number of nitrogens with one attached hydrogen (secondary N) is 1. The smallest absolute Gasteiger partial charge is 0.250 e. The predicted molar refractivity (Wildman–Crippen MR) is 102 cm³/mol. The maximum atomic E-state index is 12.6. The molecule has 0 aromatic heterocycles. The van der Waals surface area contributed by atoms with Crippen LogP contribution >= 0.6 is 11.6 Å². The third-order valence-corrected chi connectivity index (χ3v) is 5.08. The van der Waals surface area contributed by atoms with Crippen molar-refractivity contribution in [3.05, 3.63) is 59.1 Å². The van der Waals surface area contributed by atoms with Gasteiger partial charge in [-0.3, -0.25) is 13.9 Å². The van der Waals surface area contributed by atoms with E-state index in [1.165, 1.54) is 31.2 Å². The number of primary amides is 1. The van der Waals surface area contributed by atoms with Crippen LogP contribution in [0.4, 0.5) is 11.4 Å².